The Hall–Kier alpha value is -2.26. The van der Waals surface area contributed by atoms with Gasteiger partial charge in [-0.25, -0.2) is 8.42 Å². The number of fused-ring (bicyclic) bond motifs is 1. The first-order chi connectivity index (χ1) is 11.0. The van der Waals surface area contributed by atoms with Crippen molar-refractivity contribution in [3.8, 4) is 0 Å². The Labute approximate surface area is 133 Å². The molecule has 122 valence electrons. The van der Waals surface area contributed by atoms with Gasteiger partial charge < -0.3 is 9.05 Å². The Balaban J connectivity index is 1.77. The van der Waals surface area contributed by atoms with E-state index in [9.17, 15) is 8.42 Å². The molecule has 0 aliphatic rings. The smallest absolute Gasteiger partial charge is 0.241 e. The fraction of sp³-hybridized carbons (Fsp3) is 0.357. The van der Waals surface area contributed by atoms with Gasteiger partial charge in [-0.05, 0) is 12.1 Å². The second kappa shape index (κ2) is 6.09. The van der Waals surface area contributed by atoms with Gasteiger partial charge in [0.25, 0.3) is 0 Å². The van der Waals surface area contributed by atoms with Crippen molar-refractivity contribution in [2.24, 2.45) is 0 Å². The number of hydrogen-bond donors (Lipinski definition) is 0. The van der Waals surface area contributed by atoms with Crippen molar-refractivity contribution < 1.29 is 17.5 Å². The lowest BCUT2D eigenvalue weighted by molar-refractivity contribution is 0.333. The minimum atomic E-state index is -3.59. The molecule has 0 amide bonds. The van der Waals surface area contributed by atoms with Crippen molar-refractivity contribution in [3.63, 3.8) is 0 Å². The predicted molar refractivity (Wildman–Crippen MR) is 81.8 cm³/mol. The molecule has 0 atom stereocenters. The Kier molecular flexibility index (Phi) is 4.14. The molecule has 0 bridgehead atoms. The topological polar surface area (TPSA) is 102 Å². The first kappa shape index (κ1) is 15.6. The number of aryl methyl sites for hydroxylation is 1. The van der Waals surface area contributed by atoms with Gasteiger partial charge in [0, 0.05) is 18.9 Å². The summed E-state index contributed by atoms with van der Waals surface area (Å²) < 4.78 is 36.3. The molecule has 0 fully saturated rings. The van der Waals surface area contributed by atoms with Crippen molar-refractivity contribution in [3.05, 3.63) is 41.7 Å². The van der Waals surface area contributed by atoms with Gasteiger partial charge in [-0.2, -0.15) is 9.29 Å². The van der Waals surface area contributed by atoms with E-state index >= 15 is 0 Å². The Morgan fingerprint density at radius 1 is 1.17 bits per heavy atom. The quantitative estimate of drug-likeness (QED) is 0.675. The molecule has 0 saturated carbocycles. The molecule has 0 aliphatic carbocycles. The van der Waals surface area contributed by atoms with Crippen LogP contribution in [0.15, 0.2) is 33.3 Å². The Morgan fingerprint density at radius 2 is 1.96 bits per heavy atom. The van der Waals surface area contributed by atoms with Gasteiger partial charge in [-0.15, -0.1) is 0 Å². The van der Waals surface area contributed by atoms with E-state index in [1.165, 1.54) is 11.4 Å². The lowest BCUT2D eigenvalue weighted by Gasteiger charge is -2.13. The number of para-hydroxylation sites is 1. The van der Waals surface area contributed by atoms with Crippen molar-refractivity contribution in [1.82, 2.24) is 19.6 Å². The van der Waals surface area contributed by atoms with Crippen LogP contribution >= 0.6 is 0 Å². The maximum atomic E-state index is 12.5. The monoisotopic (exact) mass is 336 g/mol. The predicted octanol–water partition coefficient (Wildman–Crippen LogP) is 1.73. The molecule has 2 heterocycles. The third-order valence-corrected chi connectivity index (χ3v) is 5.15. The van der Waals surface area contributed by atoms with Crippen LogP contribution in [0.5, 0.6) is 0 Å². The van der Waals surface area contributed by atoms with Crippen LogP contribution < -0.4 is 0 Å². The van der Waals surface area contributed by atoms with E-state index in [0.29, 0.717) is 28.9 Å². The summed E-state index contributed by atoms with van der Waals surface area (Å²) in [4.78, 5) is 4.11. The van der Waals surface area contributed by atoms with Gasteiger partial charge >= 0.3 is 0 Å². The van der Waals surface area contributed by atoms with Crippen LogP contribution in [0.25, 0.3) is 11.0 Å². The zero-order valence-corrected chi connectivity index (χ0v) is 13.6. The summed E-state index contributed by atoms with van der Waals surface area (Å²) in [5, 5.41) is 8.30. The SMILES string of the molecule is CCc1noc(CN(C)S(=O)(=O)Cc2noc3ccccc23)n1. The molecular formula is C14H16N4O4S. The van der Waals surface area contributed by atoms with Crippen LogP contribution in [0.2, 0.25) is 0 Å². The van der Waals surface area contributed by atoms with Gasteiger partial charge in [0.1, 0.15) is 11.4 Å². The molecule has 0 radical (unpaired) electrons. The summed E-state index contributed by atoms with van der Waals surface area (Å²) in [6.07, 6.45) is 0.630. The second-order valence-corrected chi connectivity index (χ2v) is 7.17. The first-order valence-electron chi connectivity index (χ1n) is 7.08. The van der Waals surface area contributed by atoms with Crippen LogP contribution in [0, 0.1) is 0 Å². The van der Waals surface area contributed by atoms with Crippen LogP contribution in [0.1, 0.15) is 24.3 Å². The zero-order chi connectivity index (χ0) is 16.4. The van der Waals surface area contributed by atoms with Crippen LogP contribution in [0.4, 0.5) is 0 Å². The van der Waals surface area contributed by atoms with Crippen LogP contribution in [-0.2, 0) is 28.7 Å². The minimum Gasteiger partial charge on any atom is -0.356 e. The highest BCUT2D eigenvalue weighted by atomic mass is 32.2. The van der Waals surface area contributed by atoms with Gasteiger partial charge in [0.05, 0.1) is 6.54 Å². The number of hydrogen-bond acceptors (Lipinski definition) is 7. The molecule has 9 heteroatoms. The van der Waals surface area contributed by atoms with E-state index in [1.54, 1.807) is 18.2 Å². The molecule has 0 saturated heterocycles. The van der Waals surface area contributed by atoms with Crippen molar-refractivity contribution in [1.29, 1.82) is 0 Å². The summed E-state index contributed by atoms with van der Waals surface area (Å²) >= 11 is 0. The standard InChI is InChI=1S/C14H16N4O4S/c1-3-13-15-14(22-17-13)8-18(2)23(19,20)9-11-10-6-4-5-7-12(10)21-16-11/h4-7H,3,8-9H2,1-2H3. The minimum absolute atomic E-state index is 0.0190. The first-order valence-corrected chi connectivity index (χ1v) is 8.69. The van der Waals surface area contributed by atoms with Gasteiger partial charge in [-0.1, -0.05) is 29.4 Å². The maximum absolute atomic E-state index is 12.5. The number of nitrogens with zero attached hydrogens (tertiary/aromatic N) is 4. The van der Waals surface area contributed by atoms with E-state index < -0.39 is 10.0 Å². The number of aromatic nitrogens is 3. The van der Waals surface area contributed by atoms with Gasteiger partial charge in [-0.3, -0.25) is 0 Å². The van der Waals surface area contributed by atoms with Crippen LogP contribution in [-0.4, -0.2) is 35.1 Å². The summed E-state index contributed by atoms with van der Waals surface area (Å²) in [6.45, 7) is 1.91. The van der Waals surface area contributed by atoms with Crippen LogP contribution in [0.3, 0.4) is 0 Å². The molecule has 23 heavy (non-hydrogen) atoms. The lowest BCUT2D eigenvalue weighted by Crippen LogP contribution is -2.28. The summed E-state index contributed by atoms with van der Waals surface area (Å²) in [7, 11) is -2.12. The highest BCUT2D eigenvalue weighted by Gasteiger charge is 2.24. The van der Waals surface area contributed by atoms with E-state index in [4.69, 9.17) is 9.05 Å². The molecule has 0 spiro atoms. The normalized spacial score (nSPS) is 12.3. The average Bonchev–Trinajstić information content (AvgIpc) is 3.14. The number of benzene rings is 1. The molecule has 1 aromatic carbocycles. The third kappa shape index (κ3) is 3.25. The van der Waals surface area contributed by atoms with Gasteiger partial charge in [0.2, 0.25) is 15.9 Å². The fourth-order valence-corrected chi connectivity index (χ4v) is 3.19. The van der Waals surface area contributed by atoms with Crippen molar-refractivity contribution in [2.45, 2.75) is 25.6 Å². The second-order valence-electron chi connectivity index (χ2n) is 5.10. The summed E-state index contributed by atoms with van der Waals surface area (Å²) in [6, 6.07) is 7.14. The van der Waals surface area contributed by atoms with Gasteiger partial charge in [0.15, 0.2) is 11.4 Å². The molecular weight excluding hydrogens is 320 g/mol. The van der Waals surface area contributed by atoms with Crippen molar-refractivity contribution in [2.75, 3.05) is 7.05 Å². The molecule has 0 unspecified atom stereocenters. The van der Waals surface area contributed by atoms with E-state index in [1.807, 2.05) is 13.0 Å². The highest BCUT2D eigenvalue weighted by molar-refractivity contribution is 7.88. The molecule has 0 aliphatic heterocycles. The Morgan fingerprint density at radius 3 is 2.70 bits per heavy atom. The summed E-state index contributed by atoms with van der Waals surface area (Å²) in [5.41, 5.74) is 0.942. The Bertz CT molecular complexity index is 916. The molecule has 3 rings (SSSR count). The van der Waals surface area contributed by atoms with E-state index in [2.05, 4.69) is 15.3 Å². The number of sulfonamides is 1. The number of rotatable bonds is 6. The largest absolute Gasteiger partial charge is 0.356 e. The molecule has 8 nitrogen and oxygen atoms in total. The zero-order valence-electron chi connectivity index (χ0n) is 12.8. The third-order valence-electron chi connectivity index (χ3n) is 3.43. The molecule has 2 aromatic heterocycles. The maximum Gasteiger partial charge on any atom is 0.241 e. The lowest BCUT2D eigenvalue weighted by atomic mass is 10.2. The molecule has 3 aromatic rings. The summed E-state index contributed by atoms with van der Waals surface area (Å²) in [5.74, 6) is 0.557. The highest BCUT2D eigenvalue weighted by Crippen LogP contribution is 2.21. The molecule has 0 N–H and O–H groups in total. The van der Waals surface area contributed by atoms with E-state index in [0.717, 1.165) is 0 Å². The van der Waals surface area contributed by atoms with E-state index in [-0.39, 0.29) is 18.2 Å². The van der Waals surface area contributed by atoms with Crippen molar-refractivity contribution >= 4 is 21.0 Å². The fourth-order valence-electron chi connectivity index (χ4n) is 2.11. The average molecular weight is 336 g/mol.